The average molecular weight is 550 g/mol. The number of fused-ring (bicyclic) bond motifs is 2. The molecule has 0 unspecified atom stereocenters. The second kappa shape index (κ2) is 9.56. The minimum absolute atomic E-state index is 0.00904. The minimum Gasteiger partial charge on any atom is -0.374 e. The van der Waals surface area contributed by atoms with Crippen molar-refractivity contribution in [1.82, 2.24) is 0 Å². The number of primary sulfonamides is 1. The first-order chi connectivity index (χ1) is 17.7. The zero-order valence-corrected chi connectivity index (χ0v) is 21.6. The molecule has 0 radical (unpaired) electrons. The predicted molar refractivity (Wildman–Crippen MR) is 150 cm³/mol. The van der Waals surface area contributed by atoms with Gasteiger partial charge in [0.1, 0.15) is 4.90 Å². The maximum absolute atomic E-state index is 13.8. The molecule has 0 spiro atoms. The van der Waals surface area contributed by atoms with E-state index in [0.29, 0.717) is 16.3 Å². The van der Waals surface area contributed by atoms with Gasteiger partial charge in [-0.05, 0) is 46.8 Å². The molecule has 4 N–H and O–H groups in total. The first kappa shape index (κ1) is 24.8. The van der Waals surface area contributed by atoms with Crippen LogP contribution in [0.5, 0.6) is 0 Å². The summed E-state index contributed by atoms with van der Waals surface area (Å²) in [7, 11) is -4.14. The summed E-state index contributed by atoms with van der Waals surface area (Å²) >= 11 is 11.7. The highest BCUT2D eigenvalue weighted by Crippen LogP contribution is 2.38. The van der Waals surface area contributed by atoms with Gasteiger partial charge in [-0.25, -0.2) is 18.6 Å². The van der Waals surface area contributed by atoms with Crippen LogP contribution in [0, 0.1) is 0 Å². The highest BCUT2D eigenvalue weighted by molar-refractivity contribution is 7.89. The van der Waals surface area contributed by atoms with Crippen molar-refractivity contribution in [1.29, 1.82) is 0 Å². The van der Waals surface area contributed by atoms with Crippen LogP contribution in [-0.2, 0) is 21.4 Å². The third-order valence-electron chi connectivity index (χ3n) is 5.98. The molecule has 37 heavy (non-hydrogen) atoms. The Morgan fingerprint density at radius 1 is 0.973 bits per heavy atom. The fourth-order valence-corrected chi connectivity index (χ4v) is 5.50. The highest BCUT2D eigenvalue weighted by Gasteiger charge is 2.37. The fraction of sp³-hybridized carbons (Fsp3) is 0.0385. The summed E-state index contributed by atoms with van der Waals surface area (Å²) in [6.07, 6.45) is 0. The van der Waals surface area contributed by atoms with E-state index >= 15 is 0 Å². The molecule has 0 saturated heterocycles. The van der Waals surface area contributed by atoms with Crippen LogP contribution in [0.3, 0.4) is 0 Å². The van der Waals surface area contributed by atoms with E-state index in [1.54, 1.807) is 29.2 Å². The molecule has 5 rings (SSSR count). The summed E-state index contributed by atoms with van der Waals surface area (Å²) in [6.45, 7) is 0.233. The molecule has 186 valence electrons. The van der Waals surface area contributed by atoms with Crippen LogP contribution >= 0.6 is 23.8 Å². The van der Waals surface area contributed by atoms with Gasteiger partial charge in [0.15, 0.2) is 10.8 Å². The van der Waals surface area contributed by atoms with Crippen LogP contribution in [0.1, 0.15) is 11.1 Å². The largest absolute Gasteiger partial charge is 0.374 e. The highest BCUT2D eigenvalue weighted by atomic mass is 35.5. The fourth-order valence-electron chi connectivity index (χ4n) is 4.37. The number of halogens is 1. The number of sulfonamides is 1. The monoisotopic (exact) mass is 549 g/mol. The van der Waals surface area contributed by atoms with Crippen molar-refractivity contribution in [3.63, 3.8) is 0 Å². The van der Waals surface area contributed by atoms with Crippen molar-refractivity contribution >= 4 is 72.7 Å². The zero-order valence-electron chi connectivity index (χ0n) is 19.2. The lowest BCUT2D eigenvalue weighted by Crippen LogP contribution is -2.36. The lowest BCUT2D eigenvalue weighted by Gasteiger charge is -2.21. The van der Waals surface area contributed by atoms with Crippen LogP contribution in [0.25, 0.3) is 10.8 Å². The summed E-state index contributed by atoms with van der Waals surface area (Å²) in [6, 6.07) is 24.7. The molecule has 11 heteroatoms. The van der Waals surface area contributed by atoms with Gasteiger partial charge in [0.2, 0.25) is 10.0 Å². The van der Waals surface area contributed by atoms with Crippen LogP contribution in [0.15, 0.2) is 94.9 Å². The SMILES string of the molecule is NC(=S)N(/N=C1\C(=O)N(Cc2cccc3ccccc23)c2c(Cl)cccc21)c1ccccc1S(N)(=O)=O. The summed E-state index contributed by atoms with van der Waals surface area (Å²) in [5.41, 5.74) is 7.84. The molecule has 0 aromatic heterocycles. The maximum Gasteiger partial charge on any atom is 0.279 e. The predicted octanol–water partition coefficient (Wildman–Crippen LogP) is 4.14. The Labute approximate surface area is 223 Å². The lowest BCUT2D eigenvalue weighted by atomic mass is 10.0. The van der Waals surface area contributed by atoms with Gasteiger partial charge in [-0.1, -0.05) is 78.3 Å². The van der Waals surface area contributed by atoms with Gasteiger partial charge in [-0.15, -0.1) is 0 Å². The van der Waals surface area contributed by atoms with E-state index in [9.17, 15) is 13.2 Å². The standard InChI is InChI=1S/C26H20ClN5O3S2/c27-20-12-6-11-19-23(30-32(26(28)36)21-13-3-4-14-22(21)37(29,34)35)25(33)31(24(19)20)15-17-9-5-8-16-7-1-2-10-18(16)17/h1-14H,15H2,(H2,28,36)(H2,29,34,35)/b30-23-. The first-order valence-electron chi connectivity index (χ1n) is 11.0. The van der Waals surface area contributed by atoms with E-state index in [2.05, 4.69) is 5.10 Å². The molecular formula is C26H20ClN5O3S2. The van der Waals surface area contributed by atoms with Gasteiger partial charge in [-0.3, -0.25) is 4.79 Å². The summed E-state index contributed by atoms with van der Waals surface area (Å²) in [4.78, 5) is 15.1. The van der Waals surface area contributed by atoms with E-state index < -0.39 is 15.9 Å². The number of nitrogens with two attached hydrogens (primary N) is 2. The Morgan fingerprint density at radius 2 is 1.65 bits per heavy atom. The van der Waals surface area contributed by atoms with Crippen LogP contribution < -0.4 is 20.8 Å². The van der Waals surface area contributed by atoms with Crippen molar-refractivity contribution in [2.45, 2.75) is 11.4 Å². The lowest BCUT2D eigenvalue weighted by molar-refractivity contribution is -0.112. The second-order valence-corrected chi connectivity index (χ2v) is 10.6. The van der Waals surface area contributed by atoms with Crippen molar-refractivity contribution in [3.05, 3.63) is 101 Å². The molecule has 0 aliphatic carbocycles. The maximum atomic E-state index is 13.8. The number of hydrogen-bond donors (Lipinski definition) is 2. The summed E-state index contributed by atoms with van der Waals surface area (Å²) in [5.74, 6) is -0.439. The number of thiocarbonyl (C=S) groups is 1. The average Bonchev–Trinajstić information content (AvgIpc) is 3.13. The molecule has 0 bridgehead atoms. The molecule has 0 atom stereocenters. The minimum atomic E-state index is -4.14. The van der Waals surface area contributed by atoms with E-state index in [1.807, 2.05) is 42.5 Å². The van der Waals surface area contributed by atoms with Gasteiger partial charge in [0.05, 0.1) is 22.9 Å². The number of rotatable bonds is 5. The quantitative estimate of drug-likeness (QED) is 0.285. The number of amides is 1. The number of benzene rings is 4. The number of carbonyl (C=O) groups excluding carboxylic acids is 1. The first-order valence-corrected chi connectivity index (χ1v) is 13.4. The van der Waals surface area contributed by atoms with Crippen molar-refractivity contribution in [3.8, 4) is 0 Å². The molecule has 1 amide bonds. The van der Waals surface area contributed by atoms with Gasteiger partial charge < -0.3 is 10.6 Å². The normalized spacial score (nSPS) is 14.3. The van der Waals surface area contributed by atoms with Gasteiger partial charge in [-0.2, -0.15) is 5.10 Å². The summed E-state index contributed by atoms with van der Waals surface area (Å²) in [5, 5.41) is 13.0. The molecule has 1 aliphatic rings. The third kappa shape index (κ3) is 4.56. The molecule has 8 nitrogen and oxygen atoms in total. The van der Waals surface area contributed by atoms with Crippen LogP contribution in [-0.4, -0.2) is 25.1 Å². The molecular weight excluding hydrogens is 530 g/mol. The Balaban J connectivity index is 1.65. The number of anilines is 2. The molecule has 4 aromatic rings. The number of hydrazone groups is 1. The number of para-hydroxylation sites is 2. The van der Waals surface area contributed by atoms with Gasteiger partial charge >= 0.3 is 0 Å². The van der Waals surface area contributed by atoms with Gasteiger partial charge in [0, 0.05) is 5.56 Å². The van der Waals surface area contributed by atoms with Crippen LogP contribution in [0.2, 0.25) is 5.02 Å². The van der Waals surface area contributed by atoms with E-state index in [-0.39, 0.29) is 28.0 Å². The zero-order chi connectivity index (χ0) is 26.3. The third-order valence-corrected chi connectivity index (χ3v) is 7.41. The Bertz CT molecular complexity index is 1720. The summed E-state index contributed by atoms with van der Waals surface area (Å²) < 4.78 is 24.4. The second-order valence-electron chi connectivity index (χ2n) is 8.28. The van der Waals surface area contributed by atoms with Crippen molar-refractivity contribution in [2.24, 2.45) is 16.0 Å². The van der Waals surface area contributed by atoms with E-state index in [0.717, 1.165) is 21.3 Å². The molecule has 1 heterocycles. The smallest absolute Gasteiger partial charge is 0.279 e. The van der Waals surface area contributed by atoms with E-state index in [4.69, 9.17) is 34.7 Å². The van der Waals surface area contributed by atoms with E-state index in [1.165, 1.54) is 18.2 Å². The molecule has 0 fully saturated rings. The van der Waals surface area contributed by atoms with Gasteiger partial charge in [0.25, 0.3) is 5.91 Å². The van der Waals surface area contributed by atoms with Crippen LogP contribution in [0.4, 0.5) is 11.4 Å². The number of carbonyl (C=O) groups is 1. The Hall–Kier alpha value is -3.83. The Kier molecular flexibility index (Phi) is 6.42. The van der Waals surface area contributed by atoms with Crippen molar-refractivity contribution in [2.75, 3.05) is 9.91 Å². The number of nitrogens with zero attached hydrogens (tertiary/aromatic N) is 3. The Morgan fingerprint density at radius 3 is 2.41 bits per heavy atom. The van der Waals surface area contributed by atoms with Crippen molar-refractivity contribution < 1.29 is 13.2 Å². The topological polar surface area (TPSA) is 122 Å². The molecule has 4 aromatic carbocycles. The number of hydrogen-bond acceptors (Lipinski definition) is 5. The molecule has 1 aliphatic heterocycles. The molecule has 0 saturated carbocycles.